The maximum atomic E-state index is 11.6. The van der Waals surface area contributed by atoms with Crippen molar-refractivity contribution in [2.24, 2.45) is 0 Å². The molecule has 3 rings (SSSR count). The van der Waals surface area contributed by atoms with Crippen molar-refractivity contribution >= 4 is 23.2 Å². The zero-order valence-corrected chi connectivity index (χ0v) is 13.4. The van der Waals surface area contributed by atoms with Gasteiger partial charge in [0.05, 0.1) is 0 Å². The van der Waals surface area contributed by atoms with Crippen LogP contribution in [0, 0.1) is 0 Å². The van der Waals surface area contributed by atoms with Crippen LogP contribution in [0.4, 0.5) is 11.4 Å². The lowest BCUT2D eigenvalue weighted by Crippen LogP contribution is -2.09. The normalized spacial score (nSPS) is 11.6. The molecule has 0 saturated heterocycles. The highest BCUT2D eigenvalue weighted by Crippen LogP contribution is 2.39. The maximum absolute atomic E-state index is 11.6. The molecule has 0 heterocycles. The smallest absolute Gasteiger partial charge is 0.224 e. The van der Waals surface area contributed by atoms with Crippen molar-refractivity contribution in [1.29, 1.82) is 0 Å². The van der Waals surface area contributed by atoms with E-state index in [9.17, 15) is 9.59 Å². The van der Waals surface area contributed by atoms with Crippen molar-refractivity contribution < 1.29 is 9.59 Å². The van der Waals surface area contributed by atoms with Crippen LogP contribution < -0.4 is 10.6 Å². The molecular weight excluding hydrogens is 288 g/mol. The molecule has 1 aliphatic carbocycles. The second-order valence-electron chi connectivity index (χ2n) is 5.72. The van der Waals surface area contributed by atoms with Crippen LogP contribution in [0.5, 0.6) is 0 Å². The highest BCUT2D eigenvalue weighted by molar-refractivity contribution is 5.94. The van der Waals surface area contributed by atoms with E-state index in [0.29, 0.717) is 12.8 Å². The van der Waals surface area contributed by atoms with Gasteiger partial charge >= 0.3 is 0 Å². The number of benzene rings is 2. The van der Waals surface area contributed by atoms with Gasteiger partial charge in [0.1, 0.15) is 0 Å². The Bertz CT molecular complexity index is 715. The Morgan fingerprint density at radius 3 is 1.65 bits per heavy atom. The third-order valence-electron chi connectivity index (χ3n) is 4.10. The van der Waals surface area contributed by atoms with Gasteiger partial charge in [-0.2, -0.15) is 0 Å². The molecule has 2 aromatic rings. The van der Waals surface area contributed by atoms with Gasteiger partial charge in [-0.1, -0.05) is 26.0 Å². The summed E-state index contributed by atoms with van der Waals surface area (Å²) < 4.78 is 0. The van der Waals surface area contributed by atoms with E-state index in [1.165, 1.54) is 11.1 Å². The number of rotatable bonds is 4. The molecule has 1 aliphatic rings. The van der Waals surface area contributed by atoms with Gasteiger partial charge in [-0.25, -0.2) is 0 Å². The molecule has 0 radical (unpaired) electrons. The van der Waals surface area contributed by atoms with Crippen LogP contribution in [0.3, 0.4) is 0 Å². The standard InChI is InChI=1S/C19H20N2O2/c1-3-18(22)20-14-7-5-12-9-13-6-8-15(21-19(23)4-2)11-17(13)16(12)10-14/h5-8,10-11H,3-4,9H2,1-2H3,(H,20,22)(H,21,23). The maximum Gasteiger partial charge on any atom is 0.224 e. The van der Waals surface area contributed by atoms with Crippen LogP contribution in [0.25, 0.3) is 11.1 Å². The molecule has 2 amide bonds. The summed E-state index contributed by atoms with van der Waals surface area (Å²) in [6.45, 7) is 3.67. The van der Waals surface area contributed by atoms with Crippen molar-refractivity contribution in [2.45, 2.75) is 33.1 Å². The van der Waals surface area contributed by atoms with Crippen molar-refractivity contribution in [3.8, 4) is 11.1 Å². The second kappa shape index (κ2) is 6.24. The van der Waals surface area contributed by atoms with Gasteiger partial charge in [0.2, 0.25) is 11.8 Å². The summed E-state index contributed by atoms with van der Waals surface area (Å²) >= 11 is 0. The van der Waals surface area contributed by atoms with E-state index in [1.54, 1.807) is 0 Å². The van der Waals surface area contributed by atoms with Gasteiger partial charge in [0.15, 0.2) is 0 Å². The largest absolute Gasteiger partial charge is 0.326 e. The first-order chi connectivity index (χ1) is 11.1. The first kappa shape index (κ1) is 15.3. The highest BCUT2D eigenvalue weighted by Gasteiger charge is 2.19. The number of anilines is 2. The third-order valence-corrected chi connectivity index (χ3v) is 4.10. The average Bonchev–Trinajstić information content (AvgIpc) is 2.92. The lowest BCUT2D eigenvalue weighted by Gasteiger charge is -2.09. The Hall–Kier alpha value is -2.62. The zero-order valence-electron chi connectivity index (χ0n) is 13.4. The number of nitrogens with one attached hydrogen (secondary N) is 2. The summed E-state index contributed by atoms with van der Waals surface area (Å²) in [4.78, 5) is 23.2. The van der Waals surface area contributed by atoms with Gasteiger partial charge in [-0.3, -0.25) is 9.59 Å². The molecule has 0 unspecified atom stereocenters. The number of hydrogen-bond donors (Lipinski definition) is 2. The summed E-state index contributed by atoms with van der Waals surface area (Å²) in [6, 6.07) is 12.0. The lowest BCUT2D eigenvalue weighted by atomic mass is 10.0. The fourth-order valence-corrected chi connectivity index (χ4v) is 2.82. The zero-order chi connectivity index (χ0) is 16.4. The predicted octanol–water partition coefficient (Wildman–Crippen LogP) is 3.95. The van der Waals surface area contributed by atoms with Crippen LogP contribution in [0.1, 0.15) is 37.8 Å². The molecule has 0 atom stereocenters. The van der Waals surface area contributed by atoms with Gasteiger partial charge < -0.3 is 10.6 Å². The van der Waals surface area contributed by atoms with Gasteiger partial charge in [-0.15, -0.1) is 0 Å². The monoisotopic (exact) mass is 308 g/mol. The molecule has 23 heavy (non-hydrogen) atoms. The van der Waals surface area contributed by atoms with Gasteiger partial charge in [-0.05, 0) is 52.9 Å². The molecule has 2 aromatic carbocycles. The number of carbonyl (C=O) groups is 2. The fourth-order valence-electron chi connectivity index (χ4n) is 2.82. The summed E-state index contributed by atoms with van der Waals surface area (Å²) in [5.41, 5.74) is 6.36. The molecule has 0 aromatic heterocycles. The Balaban J connectivity index is 1.93. The Labute approximate surface area is 135 Å². The van der Waals surface area contributed by atoms with Gasteiger partial charge in [0, 0.05) is 24.2 Å². The summed E-state index contributed by atoms with van der Waals surface area (Å²) in [5.74, 6) is 0.0132. The van der Waals surface area contributed by atoms with E-state index in [-0.39, 0.29) is 11.8 Å². The molecule has 0 fully saturated rings. The Kier molecular flexibility index (Phi) is 4.15. The minimum atomic E-state index is 0.00660. The Morgan fingerprint density at radius 1 is 0.826 bits per heavy atom. The molecular formula is C19H20N2O2. The molecule has 0 spiro atoms. The van der Waals surface area contributed by atoms with Gasteiger partial charge in [0.25, 0.3) is 0 Å². The SMILES string of the molecule is CCC(=O)Nc1ccc2c(c1)-c1cc(NC(=O)CC)ccc1C2. The molecule has 0 saturated carbocycles. The van der Waals surface area contributed by atoms with Crippen LogP contribution in [-0.4, -0.2) is 11.8 Å². The average molecular weight is 308 g/mol. The van der Waals surface area contributed by atoms with Crippen LogP contribution >= 0.6 is 0 Å². The minimum Gasteiger partial charge on any atom is -0.326 e. The van der Waals surface area contributed by atoms with E-state index >= 15 is 0 Å². The topological polar surface area (TPSA) is 58.2 Å². The molecule has 118 valence electrons. The summed E-state index contributed by atoms with van der Waals surface area (Å²) in [7, 11) is 0. The van der Waals surface area contributed by atoms with Crippen molar-refractivity contribution in [1.82, 2.24) is 0 Å². The molecule has 0 aliphatic heterocycles. The first-order valence-electron chi connectivity index (χ1n) is 7.96. The lowest BCUT2D eigenvalue weighted by molar-refractivity contribution is -0.116. The van der Waals surface area contributed by atoms with Crippen LogP contribution in [-0.2, 0) is 16.0 Å². The first-order valence-corrected chi connectivity index (χ1v) is 7.96. The van der Waals surface area contributed by atoms with E-state index in [4.69, 9.17) is 0 Å². The second-order valence-corrected chi connectivity index (χ2v) is 5.72. The number of hydrogen-bond acceptors (Lipinski definition) is 2. The minimum absolute atomic E-state index is 0.00660. The van der Waals surface area contributed by atoms with E-state index in [1.807, 2.05) is 38.1 Å². The quantitative estimate of drug-likeness (QED) is 0.766. The van der Waals surface area contributed by atoms with E-state index in [0.717, 1.165) is 28.9 Å². The van der Waals surface area contributed by atoms with Crippen molar-refractivity contribution in [3.63, 3.8) is 0 Å². The van der Waals surface area contributed by atoms with E-state index < -0.39 is 0 Å². The number of fused-ring (bicyclic) bond motifs is 3. The molecule has 4 heteroatoms. The van der Waals surface area contributed by atoms with Crippen molar-refractivity contribution in [3.05, 3.63) is 47.5 Å². The molecule has 0 bridgehead atoms. The van der Waals surface area contributed by atoms with Crippen LogP contribution in [0.2, 0.25) is 0 Å². The Morgan fingerprint density at radius 2 is 1.26 bits per heavy atom. The summed E-state index contributed by atoms with van der Waals surface area (Å²) in [6.07, 6.45) is 1.80. The molecule has 4 nitrogen and oxygen atoms in total. The molecule has 2 N–H and O–H groups in total. The summed E-state index contributed by atoms with van der Waals surface area (Å²) in [5, 5.41) is 5.80. The fraction of sp³-hybridized carbons (Fsp3) is 0.263. The van der Waals surface area contributed by atoms with Crippen molar-refractivity contribution in [2.75, 3.05) is 10.6 Å². The predicted molar refractivity (Wildman–Crippen MR) is 92.5 cm³/mol. The van der Waals surface area contributed by atoms with Crippen LogP contribution in [0.15, 0.2) is 36.4 Å². The number of carbonyl (C=O) groups excluding carboxylic acids is 2. The number of amides is 2. The van der Waals surface area contributed by atoms with E-state index in [2.05, 4.69) is 22.8 Å². The highest BCUT2D eigenvalue weighted by atomic mass is 16.2. The third kappa shape index (κ3) is 3.11.